The number of carbonyl (C=O) groups is 2. The molecule has 1 heterocycles. The first-order valence-corrected chi connectivity index (χ1v) is 6.01. The van der Waals surface area contributed by atoms with Crippen LogP contribution in [0.25, 0.3) is 0 Å². The summed E-state index contributed by atoms with van der Waals surface area (Å²) in [6.07, 6.45) is 0.158. The molecule has 17 heavy (non-hydrogen) atoms. The number of hydrogen-bond acceptors (Lipinski definition) is 3. The predicted octanol–water partition coefficient (Wildman–Crippen LogP) is 0.826. The molecule has 0 spiro atoms. The lowest BCUT2D eigenvalue weighted by molar-refractivity contribution is -0.149. The standard InChI is InChI=1S/C10H15BrN2O4/c1-6(11)4-12-10(16)13-5-7-2-3-8(17-7)9(14)15/h7-8H,1-5H2,(H,14,15)(H2,12,13,16). The molecule has 6 nitrogen and oxygen atoms in total. The Morgan fingerprint density at radius 3 is 2.65 bits per heavy atom. The highest BCUT2D eigenvalue weighted by Gasteiger charge is 2.30. The average Bonchev–Trinajstić information content (AvgIpc) is 2.72. The van der Waals surface area contributed by atoms with Crippen LogP contribution in [-0.4, -0.2) is 42.4 Å². The maximum Gasteiger partial charge on any atom is 0.332 e. The van der Waals surface area contributed by atoms with Crippen LogP contribution in [0.15, 0.2) is 11.1 Å². The van der Waals surface area contributed by atoms with Crippen molar-refractivity contribution in [1.29, 1.82) is 0 Å². The smallest absolute Gasteiger partial charge is 0.332 e. The maximum absolute atomic E-state index is 11.3. The highest BCUT2D eigenvalue weighted by atomic mass is 79.9. The quantitative estimate of drug-likeness (QED) is 0.702. The molecule has 0 aromatic rings. The third-order valence-corrected chi connectivity index (χ3v) is 2.59. The molecule has 0 saturated carbocycles. The van der Waals surface area contributed by atoms with E-state index in [1.165, 1.54) is 0 Å². The highest BCUT2D eigenvalue weighted by Crippen LogP contribution is 2.19. The lowest BCUT2D eigenvalue weighted by Gasteiger charge is -2.12. The third-order valence-electron chi connectivity index (χ3n) is 2.31. The molecule has 3 N–H and O–H groups in total. The van der Waals surface area contributed by atoms with Crippen molar-refractivity contribution < 1.29 is 19.4 Å². The van der Waals surface area contributed by atoms with Gasteiger partial charge in [-0.25, -0.2) is 9.59 Å². The lowest BCUT2D eigenvalue weighted by atomic mass is 10.2. The van der Waals surface area contributed by atoms with Gasteiger partial charge in [-0.1, -0.05) is 22.5 Å². The number of rotatable bonds is 5. The first-order valence-electron chi connectivity index (χ1n) is 5.22. The summed E-state index contributed by atoms with van der Waals surface area (Å²) < 4.78 is 5.91. The van der Waals surface area contributed by atoms with Crippen molar-refractivity contribution in [3.05, 3.63) is 11.1 Å². The molecule has 2 atom stereocenters. The fourth-order valence-electron chi connectivity index (χ4n) is 1.48. The Balaban J connectivity index is 2.17. The van der Waals surface area contributed by atoms with E-state index in [9.17, 15) is 9.59 Å². The minimum Gasteiger partial charge on any atom is -0.479 e. The number of amides is 2. The van der Waals surface area contributed by atoms with E-state index in [0.717, 1.165) is 0 Å². The first-order chi connectivity index (χ1) is 7.99. The Morgan fingerprint density at radius 2 is 2.12 bits per heavy atom. The van der Waals surface area contributed by atoms with E-state index in [1.807, 2.05) is 0 Å². The molecule has 0 bridgehead atoms. The second-order valence-electron chi connectivity index (χ2n) is 3.74. The van der Waals surface area contributed by atoms with Crippen molar-refractivity contribution in [3.63, 3.8) is 0 Å². The van der Waals surface area contributed by atoms with E-state index >= 15 is 0 Å². The monoisotopic (exact) mass is 306 g/mol. The van der Waals surface area contributed by atoms with Gasteiger partial charge in [0, 0.05) is 11.0 Å². The number of carboxylic acid groups (broad SMARTS) is 1. The first kappa shape index (κ1) is 14.0. The van der Waals surface area contributed by atoms with Crippen molar-refractivity contribution in [2.75, 3.05) is 13.1 Å². The molecule has 0 aliphatic carbocycles. The molecule has 2 amide bonds. The number of nitrogens with one attached hydrogen (secondary N) is 2. The van der Waals surface area contributed by atoms with Crippen LogP contribution in [0.2, 0.25) is 0 Å². The van der Waals surface area contributed by atoms with Crippen LogP contribution in [0.4, 0.5) is 4.79 Å². The van der Waals surface area contributed by atoms with Crippen molar-refractivity contribution in [2.45, 2.75) is 25.0 Å². The van der Waals surface area contributed by atoms with Crippen LogP contribution in [0.5, 0.6) is 0 Å². The average molecular weight is 307 g/mol. The summed E-state index contributed by atoms with van der Waals surface area (Å²) in [6.45, 7) is 4.23. The van der Waals surface area contributed by atoms with Gasteiger partial charge in [0.05, 0.1) is 12.6 Å². The molecule has 0 radical (unpaired) electrons. The highest BCUT2D eigenvalue weighted by molar-refractivity contribution is 9.11. The van der Waals surface area contributed by atoms with Crippen LogP contribution in [0.1, 0.15) is 12.8 Å². The Morgan fingerprint density at radius 1 is 1.41 bits per heavy atom. The van der Waals surface area contributed by atoms with E-state index in [4.69, 9.17) is 9.84 Å². The molecule has 1 rings (SSSR count). The summed E-state index contributed by atoms with van der Waals surface area (Å²) in [4.78, 5) is 21.9. The summed E-state index contributed by atoms with van der Waals surface area (Å²) in [5.41, 5.74) is 0. The normalized spacial score (nSPS) is 23.1. The van der Waals surface area contributed by atoms with Crippen LogP contribution in [0.3, 0.4) is 0 Å². The van der Waals surface area contributed by atoms with Gasteiger partial charge in [-0.05, 0) is 12.8 Å². The molecule has 0 aromatic heterocycles. The topological polar surface area (TPSA) is 87.7 Å². The van der Waals surface area contributed by atoms with Gasteiger partial charge in [0.2, 0.25) is 0 Å². The van der Waals surface area contributed by atoms with Crippen molar-refractivity contribution >= 4 is 27.9 Å². The fraction of sp³-hybridized carbons (Fsp3) is 0.600. The molecular weight excluding hydrogens is 292 g/mol. The molecule has 1 aliphatic rings. The maximum atomic E-state index is 11.3. The minimum absolute atomic E-state index is 0.228. The largest absolute Gasteiger partial charge is 0.479 e. The van der Waals surface area contributed by atoms with Crippen molar-refractivity contribution in [3.8, 4) is 0 Å². The number of carboxylic acids is 1. The van der Waals surface area contributed by atoms with E-state index in [2.05, 4.69) is 33.1 Å². The van der Waals surface area contributed by atoms with Gasteiger partial charge in [-0.15, -0.1) is 0 Å². The van der Waals surface area contributed by atoms with Crippen LogP contribution < -0.4 is 10.6 Å². The summed E-state index contributed by atoms with van der Waals surface area (Å²) in [5.74, 6) is -0.951. The van der Waals surface area contributed by atoms with Gasteiger partial charge in [-0.2, -0.15) is 0 Å². The van der Waals surface area contributed by atoms with Gasteiger partial charge in [-0.3, -0.25) is 0 Å². The Hall–Kier alpha value is -1.08. The second-order valence-corrected chi connectivity index (χ2v) is 4.86. The van der Waals surface area contributed by atoms with Gasteiger partial charge in [0.25, 0.3) is 0 Å². The van der Waals surface area contributed by atoms with Crippen LogP contribution >= 0.6 is 15.9 Å². The van der Waals surface area contributed by atoms with E-state index in [1.54, 1.807) is 0 Å². The molecule has 7 heteroatoms. The number of hydrogen-bond donors (Lipinski definition) is 3. The fourth-order valence-corrected chi connectivity index (χ4v) is 1.62. The minimum atomic E-state index is -0.951. The zero-order valence-corrected chi connectivity index (χ0v) is 10.8. The molecule has 1 aliphatic heterocycles. The SMILES string of the molecule is C=C(Br)CNC(=O)NCC1CCC(C(=O)O)O1. The summed E-state index contributed by atoms with van der Waals surface area (Å²) >= 11 is 3.12. The number of ether oxygens (including phenoxy) is 1. The Bertz CT molecular complexity index is 321. The number of aliphatic carboxylic acids is 1. The van der Waals surface area contributed by atoms with E-state index in [0.29, 0.717) is 30.4 Å². The third kappa shape index (κ3) is 5.18. The van der Waals surface area contributed by atoms with Gasteiger partial charge < -0.3 is 20.5 Å². The van der Waals surface area contributed by atoms with E-state index in [-0.39, 0.29) is 12.1 Å². The Labute approximate surface area is 108 Å². The number of halogens is 1. The van der Waals surface area contributed by atoms with E-state index < -0.39 is 12.1 Å². The second kappa shape index (κ2) is 6.61. The molecule has 0 aromatic carbocycles. The number of carbonyl (C=O) groups excluding carboxylic acids is 1. The summed E-state index contributed by atoms with van der Waals surface area (Å²) in [5, 5.41) is 13.9. The predicted molar refractivity (Wildman–Crippen MR) is 65.0 cm³/mol. The number of urea groups is 1. The zero-order chi connectivity index (χ0) is 12.8. The molecule has 1 saturated heterocycles. The molecule has 96 valence electrons. The molecule has 1 fully saturated rings. The molecular formula is C10H15BrN2O4. The van der Waals surface area contributed by atoms with Crippen molar-refractivity contribution in [2.24, 2.45) is 0 Å². The van der Waals surface area contributed by atoms with Crippen molar-refractivity contribution in [1.82, 2.24) is 10.6 Å². The molecule has 2 unspecified atom stereocenters. The van der Waals surface area contributed by atoms with Gasteiger partial charge in [0.1, 0.15) is 0 Å². The van der Waals surface area contributed by atoms with Crippen LogP contribution in [-0.2, 0) is 9.53 Å². The lowest BCUT2D eigenvalue weighted by Crippen LogP contribution is -2.40. The zero-order valence-electron chi connectivity index (χ0n) is 9.24. The summed E-state index contributed by atoms with van der Waals surface area (Å²) in [7, 11) is 0. The Kier molecular flexibility index (Phi) is 5.43. The van der Waals surface area contributed by atoms with Crippen LogP contribution in [0, 0.1) is 0 Å². The summed E-state index contributed by atoms with van der Waals surface area (Å²) in [6, 6.07) is -0.326. The van der Waals surface area contributed by atoms with Gasteiger partial charge >= 0.3 is 12.0 Å². The van der Waals surface area contributed by atoms with Gasteiger partial charge in [0.15, 0.2) is 6.10 Å².